The Morgan fingerprint density at radius 2 is 1.71 bits per heavy atom. The van der Waals surface area contributed by atoms with Crippen molar-refractivity contribution in [2.24, 2.45) is 0 Å². The molecule has 1 amide bonds. The maximum atomic E-state index is 12.3. The highest BCUT2D eigenvalue weighted by Gasteiger charge is 2.22. The smallest absolute Gasteiger partial charge is 0.246 e. The third kappa shape index (κ3) is 4.70. The van der Waals surface area contributed by atoms with E-state index in [-0.39, 0.29) is 5.91 Å². The van der Waals surface area contributed by atoms with Crippen LogP contribution in [0.25, 0.3) is 6.08 Å². The van der Waals surface area contributed by atoms with Gasteiger partial charge in [-0.05, 0) is 23.8 Å². The molecule has 3 rings (SSSR count). The molecule has 4 heteroatoms. The van der Waals surface area contributed by atoms with E-state index in [4.69, 9.17) is 11.6 Å². The second-order valence-electron chi connectivity index (χ2n) is 6.12. The summed E-state index contributed by atoms with van der Waals surface area (Å²) in [5.41, 5.74) is 2.34. The number of halogens is 1. The highest BCUT2D eigenvalue weighted by atomic mass is 35.5. The number of hydrogen-bond acceptors (Lipinski definition) is 1. The van der Waals surface area contributed by atoms with Gasteiger partial charge in [0.15, 0.2) is 0 Å². The van der Waals surface area contributed by atoms with Crippen LogP contribution in [0.5, 0.6) is 0 Å². The molecular weight excluding hydrogens is 320 g/mol. The van der Waals surface area contributed by atoms with E-state index in [0.717, 1.165) is 38.3 Å². The summed E-state index contributed by atoms with van der Waals surface area (Å²) in [7, 11) is 0. The fraction of sp³-hybridized carbons (Fsp3) is 0.250. The van der Waals surface area contributed by atoms with Crippen LogP contribution >= 0.6 is 11.6 Å². The Balaban J connectivity index is 1.49. The number of nitrogens with one attached hydrogen (secondary N) is 1. The second-order valence-corrected chi connectivity index (χ2v) is 6.56. The molecule has 0 radical (unpaired) electrons. The lowest BCUT2D eigenvalue weighted by molar-refractivity contribution is -0.917. The lowest BCUT2D eigenvalue weighted by Gasteiger charge is -2.31. The van der Waals surface area contributed by atoms with Crippen molar-refractivity contribution < 1.29 is 9.69 Å². The van der Waals surface area contributed by atoms with E-state index in [1.807, 2.05) is 41.3 Å². The lowest BCUT2D eigenvalue weighted by atomic mass is 10.2. The Bertz CT molecular complexity index is 689. The molecule has 2 aromatic rings. The predicted octanol–water partition coefficient (Wildman–Crippen LogP) is 2.28. The van der Waals surface area contributed by atoms with E-state index in [1.165, 1.54) is 10.5 Å². The molecule has 1 fully saturated rings. The molecule has 0 aromatic heterocycles. The number of hydrogen-bond donors (Lipinski definition) is 1. The summed E-state index contributed by atoms with van der Waals surface area (Å²) in [4.78, 5) is 15.8. The zero-order valence-electron chi connectivity index (χ0n) is 13.6. The van der Waals surface area contributed by atoms with Crippen molar-refractivity contribution in [2.75, 3.05) is 26.2 Å². The summed E-state index contributed by atoms with van der Waals surface area (Å²) in [6, 6.07) is 18.0. The number of carbonyl (C=O) groups is 1. The molecule has 1 aliphatic rings. The number of rotatable bonds is 4. The Morgan fingerprint density at radius 3 is 2.38 bits per heavy atom. The molecule has 0 unspecified atom stereocenters. The van der Waals surface area contributed by atoms with Gasteiger partial charge in [0.2, 0.25) is 5.91 Å². The molecule has 0 atom stereocenters. The fourth-order valence-corrected chi connectivity index (χ4v) is 3.08. The number of benzene rings is 2. The zero-order chi connectivity index (χ0) is 16.8. The highest BCUT2D eigenvalue weighted by Crippen LogP contribution is 2.10. The van der Waals surface area contributed by atoms with Crippen molar-refractivity contribution >= 4 is 23.6 Å². The third-order valence-electron chi connectivity index (χ3n) is 4.37. The molecule has 1 N–H and O–H groups in total. The van der Waals surface area contributed by atoms with Gasteiger partial charge < -0.3 is 9.80 Å². The van der Waals surface area contributed by atoms with Crippen LogP contribution in [0, 0.1) is 0 Å². The summed E-state index contributed by atoms with van der Waals surface area (Å²) in [6.07, 6.45) is 3.51. The van der Waals surface area contributed by atoms with Crippen molar-refractivity contribution in [3.8, 4) is 0 Å². The van der Waals surface area contributed by atoms with Gasteiger partial charge in [-0.1, -0.05) is 54.1 Å². The average Bonchev–Trinajstić information content (AvgIpc) is 2.62. The fourth-order valence-electron chi connectivity index (χ4n) is 2.95. The van der Waals surface area contributed by atoms with Crippen LogP contribution in [0.2, 0.25) is 5.02 Å². The van der Waals surface area contributed by atoms with E-state index >= 15 is 0 Å². The maximum Gasteiger partial charge on any atom is 0.246 e. The Labute approximate surface area is 148 Å². The van der Waals surface area contributed by atoms with Crippen molar-refractivity contribution in [1.29, 1.82) is 0 Å². The SMILES string of the molecule is O=C(C=Cc1ccc(Cl)cc1)N1CC[NH+](Cc2ccccc2)CC1. The van der Waals surface area contributed by atoms with Crippen LogP contribution in [-0.2, 0) is 11.3 Å². The van der Waals surface area contributed by atoms with Crippen LogP contribution in [0.4, 0.5) is 0 Å². The molecule has 0 spiro atoms. The van der Waals surface area contributed by atoms with Crippen molar-refractivity contribution in [3.63, 3.8) is 0 Å². The minimum Gasteiger partial charge on any atom is -0.328 e. The molecular formula is C20H22ClN2O+. The van der Waals surface area contributed by atoms with Gasteiger partial charge in [0.25, 0.3) is 0 Å². The van der Waals surface area contributed by atoms with Crippen LogP contribution in [0.3, 0.4) is 0 Å². The summed E-state index contributed by atoms with van der Waals surface area (Å²) in [5, 5.41) is 0.705. The predicted molar refractivity (Wildman–Crippen MR) is 97.9 cm³/mol. The third-order valence-corrected chi connectivity index (χ3v) is 4.62. The number of piperazine rings is 1. The van der Waals surface area contributed by atoms with Crippen molar-refractivity contribution in [1.82, 2.24) is 4.90 Å². The van der Waals surface area contributed by atoms with Crippen molar-refractivity contribution in [3.05, 3.63) is 76.8 Å². The molecule has 1 saturated heterocycles. The van der Waals surface area contributed by atoms with Crippen LogP contribution < -0.4 is 4.90 Å². The van der Waals surface area contributed by atoms with E-state index in [1.54, 1.807) is 6.08 Å². The molecule has 3 nitrogen and oxygen atoms in total. The van der Waals surface area contributed by atoms with Crippen molar-refractivity contribution in [2.45, 2.75) is 6.54 Å². The number of quaternary nitrogens is 1. The molecule has 24 heavy (non-hydrogen) atoms. The van der Waals surface area contributed by atoms with Gasteiger partial charge >= 0.3 is 0 Å². The van der Waals surface area contributed by atoms with Gasteiger partial charge in [-0.2, -0.15) is 0 Å². The van der Waals surface area contributed by atoms with Gasteiger partial charge in [-0.15, -0.1) is 0 Å². The number of amides is 1. The quantitative estimate of drug-likeness (QED) is 0.848. The van der Waals surface area contributed by atoms with Gasteiger partial charge in [-0.3, -0.25) is 4.79 Å². The monoisotopic (exact) mass is 341 g/mol. The maximum absolute atomic E-state index is 12.3. The van der Waals surface area contributed by atoms with Crippen LogP contribution in [0.1, 0.15) is 11.1 Å². The van der Waals surface area contributed by atoms with E-state index in [9.17, 15) is 4.79 Å². The first-order chi connectivity index (χ1) is 11.7. The minimum atomic E-state index is 0.0868. The van der Waals surface area contributed by atoms with E-state index in [2.05, 4.69) is 24.3 Å². The largest absolute Gasteiger partial charge is 0.328 e. The first kappa shape index (κ1) is 16.7. The lowest BCUT2D eigenvalue weighted by Crippen LogP contribution is -3.13. The Hall–Kier alpha value is -2.10. The van der Waals surface area contributed by atoms with Gasteiger partial charge in [-0.25, -0.2) is 0 Å². The molecule has 1 aliphatic heterocycles. The van der Waals surface area contributed by atoms with E-state index < -0.39 is 0 Å². The zero-order valence-corrected chi connectivity index (χ0v) is 14.4. The average molecular weight is 342 g/mol. The van der Waals surface area contributed by atoms with Crippen LogP contribution in [-0.4, -0.2) is 37.0 Å². The summed E-state index contributed by atoms with van der Waals surface area (Å²) in [6.45, 7) is 4.65. The highest BCUT2D eigenvalue weighted by molar-refractivity contribution is 6.30. The summed E-state index contributed by atoms with van der Waals surface area (Å²) in [5.74, 6) is 0.0868. The van der Waals surface area contributed by atoms with E-state index in [0.29, 0.717) is 5.02 Å². The normalized spacial score (nSPS) is 15.8. The second kappa shape index (κ2) is 8.13. The topological polar surface area (TPSA) is 24.8 Å². The van der Waals surface area contributed by atoms with Crippen LogP contribution in [0.15, 0.2) is 60.7 Å². The molecule has 0 bridgehead atoms. The van der Waals surface area contributed by atoms with Gasteiger partial charge in [0.1, 0.15) is 6.54 Å². The number of carbonyl (C=O) groups excluding carboxylic acids is 1. The Kier molecular flexibility index (Phi) is 5.68. The Morgan fingerprint density at radius 1 is 1.04 bits per heavy atom. The van der Waals surface area contributed by atoms with Gasteiger partial charge in [0, 0.05) is 16.7 Å². The minimum absolute atomic E-state index is 0.0868. The molecule has 0 aliphatic carbocycles. The summed E-state index contributed by atoms with van der Waals surface area (Å²) < 4.78 is 0. The molecule has 0 saturated carbocycles. The van der Waals surface area contributed by atoms with Gasteiger partial charge in [0.05, 0.1) is 26.2 Å². The first-order valence-corrected chi connectivity index (χ1v) is 8.68. The first-order valence-electron chi connectivity index (χ1n) is 8.31. The number of nitrogens with zero attached hydrogens (tertiary/aromatic N) is 1. The molecule has 2 aromatic carbocycles. The summed E-state index contributed by atoms with van der Waals surface area (Å²) >= 11 is 5.87. The molecule has 1 heterocycles. The standard InChI is InChI=1S/C20H21ClN2O/c21-19-9-6-17(7-10-19)8-11-20(24)23-14-12-22(13-15-23)16-18-4-2-1-3-5-18/h1-11H,12-16H2/p+1. The molecule has 124 valence electrons.